The molecular formula is C12H21NO. The van der Waals surface area contributed by atoms with Crippen molar-refractivity contribution < 1.29 is 4.42 Å². The summed E-state index contributed by atoms with van der Waals surface area (Å²) in [6.45, 7) is 5.56. The lowest BCUT2D eigenvalue weighted by Crippen LogP contribution is -2.33. The fourth-order valence-corrected chi connectivity index (χ4v) is 1.97. The Morgan fingerprint density at radius 2 is 2.07 bits per heavy atom. The van der Waals surface area contributed by atoms with E-state index in [-0.39, 0.29) is 0 Å². The standard InChI is InChI=1S/C12H21NO/c1-4-12(5-2,10-13-3)9-11-7-6-8-14-11/h6-8,13H,4-5,9-10H2,1-3H3. The zero-order valence-corrected chi connectivity index (χ0v) is 9.47. The second kappa shape index (κ2) is 5.20. The fraction of sp³-hybridized carbons (Fsp3) is 0.667. The molecule has 1 aromatic rings. The highest BCUT2D eigenvalue weighted by Crippen LogP contribution is 2.30. The summed E-state index contributed by atoms with van der Waals surface area (Å²) in [4.78, 5) is 0. The second-order valence-electron chi connectivity index (χ2n) is 3.99. The van der Waals surface area contributed by atoms with Crippen LogP contribution in [0.3, 0.4) is 0 Å². The first-order chi connectivity index (χ1) is 6.76. The quantitative estimate of drug-likeness (QED) is 0.755. The van der Waals surface area contributed by atoms with Gasteiger partial charge in [-0.25, -0.2) is 0 Å². The van der Waals surface area contributed by atoms with Gasteiger partial charge in [-0.15, -0.1) is 0 Å². The number of hydrogen-bond donors (Lipinski definition) is 1. The van der Waals surface area contributed by atoms with E-state index in [0.29, 0.717) is 5.41 Å². The van der Waals surface area contributed by atoms with Crippen molar-refractivity contribution in [3.63, 3.8) is 0 Å². The molecule has 1 aromatic heterocycles. The normalized spacial score (nSPS) is 11.9. The van der Waals surface area contributed by atoms with Crippen LogP contribution in [0.4, 0.5) is 0 Å². The summed E-state index contributed by atoms with van der Waals surface area (Å²) in [7, 11) is 2.02. The molecule has 1 rings (SSSR count). The van der Waals surface area contributed by atoms with Gasteiger partial charge in [0.05, 0.1) is 6.26 Å². The summed E-state index contributed by atoms with van der Waals surface area (Å²) in [5.41, 5.74) is 0.354. The minimum absolute atomic E-state index is 0.354. The molecule has 2 nitrogen and oxygen atoms in total. The maximum absolute atomic E-state index is 5.41. The second-order valence-corrected chi connectivity index (χ2v) is 3.99. The molecule has 0 unspecified atom stereocenters. The lowest BCUT2D eigenvalue weighted by Gasteiger charge is -2.30. The molecule has 0 aliphatic heterocycles. The highest BCUT2D eigenvalue weighted by molar-refractivity contribution is 5.02. The maximum Gasteiger partial charge on any atom is 0.104 e. The van der Waals surface area contributed by atoms with Gasteiger partial charge in [0.2, 0.25) is 0 Å². The van der Waals surface area contributed by atoms with Gasteiger partial charge >= 0.3 is 0 Å². The molecule has 0 amide bonds. The molecular weight excluding hydrogens is 174 g/mol. The number of hydrogen-bond acceptors (Lipinski definition) is 2. The summed E-state index contributed by atoms with van der Waals surface area (Å²) >= 11 is 0. The van der Waals surface area contributed by atoms with Crippen LogP contribution >= 0.6 is 0 Å². The van der Waals surface area contributed by atoms with Gasteiger partial charge in [0.25, 0.3) is 0 Å². The van der Waals surface area contributed by atoms with Crippen molar-refractivity contribution in [2.45, 2.75) is 33.1 Å². The first-order valence-corrected chi connectivity index (χ1v) is 5.43. The van der Waals surface area contributed by atoms with Crippen molar-refractivity contribution in [3.8, 4) is 0 Å². The molecule has 0 aromatic carbocycles. The molecule has 1 heterocycles. The Morgan fingerprint density at radius 1 is 1.36 bits per heavy atom. The maximum atomic E-state index is 5.41. The van der Waals surface area contributed by atoms with E-state index in [9.17, 15) is 0 Å². The summed E-state index contributed by atoms with van der Waals surface area (Å²) in [5.74, 6) is 1.10. The average Bonchev–Trinajstić information content (AvgIpc) is 2.69. The van der Waals surface area contributed by atoms with E-state index in [0.717, 1.165) is 18.7 Å². The van der Waals surface area contributed by atoms with Crippen LogP contribution in [0.5, 0.6) is 0 Å². The average molecular weight is 195 g/mol. The predicted octanol–water partition coefficient (Wildman–Crippen LogP) is 2.85. The molecule has 14 heavy (non-hydrogen) atoms. The Bertz CT molecular complexity index is 237. The van der Waals surface area contributed by atoms with Gasteiger partial charge in [0, 0.05) is 13.0 Å². The lowest BCUT2D eigenvalue weighted by molar-refractivity contribution is 0.236. The lowest BCUT2D eigenvalue weighted by atomic mass is 9.78. The van der Waals surface area contributed by atoms with Crippen LogP contribution < -0.4 is 5.32 Å². The van der Waals surface area contributed by atoms with Gasteiger partial charge < -0.3 is 9.73 Å². The van der Waals surface area contributed by atoms with Crippen LogP contribution in [0.15, 0.2) is 22.8 Å². The monoisotopic (exact) mass is 195 g/mol. The topological polar surface area (TPSA) is 25.2 Å². The van der Waals surface area contributed by atoms with E-state index in [1.165, 1.54) is 12.8 Å². The summed E-state index contributed by atoms with van der Waals surface area (Å²) in [6.07, 6.45) is 5.16. The predicted molar refractivity (Wildman–Crippen MR) is 59.4 cm³/mol. The molecule has 80 valence electrons. The Kier molecular flexibility index (Phi) is 4.21. The van der Waals surface area contributed by atoms with Gasteiger partial charge in [-0.05, 0) is 37.4 Å². The molecule has 0 aliphatic carbocycles. The smallest absolute Gasteiger partial charge is 0.104 e. The van der Waals surface area contributed by atoms with E-state index >= 15 is 0 Å². The van der Waals surface area contributed by atoms with E-state index in [4.69, 9.17) is 4.42 Å². The highest BCUT2D eigenvalue weighted by Gasteiger charge is 2.26. The Hall–Kier alpha value is -0.760. The molecule has 0 fully saturated rings. The van der Waals surface area contributed by atoms with Gasteiger partial charge in [-0.3, -0.25) is 0 Å². The van der Waals surface area contributed by atoms with Crippen molar-refractivity contribution in [1.29, 1.82) is 0 Å². The molecule has 0 spiro atoms. The van der Waals surface area contributed by atoms with Gasteiger partial charge in [-0.2, -0.15) is 0 Å². The Morgan fingerprint density at radius 3 is 2.50 bits per heavy atom. The summed E-state index contributed by atoms with van der Waals surface area (Å²) < 4.78 is 5.41. The zero-order chi connectivity index (χ0) is 10.4. The molecule has 0 radical (unpaired) electrons. The third-order valence-corrected chi connectivity index (χ3v) is 3.18. The van der Waals surface area contributed by atoms with Crippen LogP contribution in [0.25, 0.3) is 0 Å². The zero-order valence-electron chi connectivity index (χ0n) is 9.47. The highest BCUT2D eigenvalue weighted by atomic mass is 16.3. The minimum atomic E-state index is 0.354. The van der Waals surface area contributed by atoms with E-state index < -0.39 is 0 Å². The molecule has 0 saturated carbocycles. The third kappa shape index (κ3) is 2.61. The fourth-order valence-electron chi connectivity index (χ4n) is 1.97. The summed E-state index contributed by atoms with van der Waals surface area (Å²) in [6, 6.07) is 4.03. The number of furan rings is 1. The van der Waals surface area contributed by atoms with E-state index in [1.807, 2.05) is 13.1 Å². The number of rotatable bonds is 6. The van der Waals surface area contributed by atoms with Gasteiger partial charge in [0.15, 0.2) is 0 Å². The SMILES string of the molecule is CCC(CC)(CNC)Cc1ccco1. The minimum Gasteiger partial charge on any atom is -0.469 e. The first-order valence-electron chi connectivity index (χ1n) is 5.43. The van der Waals surface area contributed by atoms with E-state index in [1.54, 1.807) is 6.26 Å². The van der Waals surface area contributed by atoms with Crippen molar-refractivity contribution in [2.75, 3.05) is 13.6 Å². The van der Waals surface area contributed by atoms with Gasteiger partial charge in [-0.1, -0.05) is 13.8 Å². The van der Waals surface area contributed by atoms with Crippen molar-refractivity contribution >= 4 is 0 Å². The summed E-state index contributed by atoms with van der Waals surface area (Å²) in [5, 5.41) is 3.28. The van der Waals surface area contributed by atoms with Crippen LogP contribution in [0.1, 0.15) is 32.4 Å². The first kappa shape index (κ1) is 11.3. The van der Waals surface area contributed by atoms with Crippen LogP contribution in [0, 0.1) is 5.41 Å². The van der Waals surface area contributed by atoms with Gasteiger partial charge in [0.1, 0.15) is 5.76 Å². The molecule has 1 N–H and O–H groups in total. The number of nitrogens with one attached hydrogen (secondary N) is 1. The Balaban J connectivity index is 2.67. The van der Waals surface area contributed by atoms with Crippen molar-refractivity contribution in [3.05, 3.63) is 24.2 Å². The van der Waals surface area contributed by atoms with Crippen molar-refractivity contribution in [1.82, 2.24) is 5.32 Å². The Labute approximate surface area is 86.7 Å². The largest absolute Gasteiger partial charge is 0.469 e. The van der Waals surface area contributed by atoms with Crippen molar-refractivity contribution in [2.24, 2.45) is 5.41 Å². The molecule has 0 saturated heterocycles. The van der Waals surface area contributed by atoms with E-state index in [2.05, 4.69) is 25.2 Å². The van der Waals surface area contributed by atoms with Crippen LogP contribution in [-0.2, 0) is 6.42 Å². The van der Waals surface area contributed by atoms with Crippen LogP contribution in [-0.4, -0.2) is 13.6 Å². The molecule has 0 atom stereocenters. The molecule has 0 aliphatic rings. The van der Waals surface area contributed by atoms with Crippen LogP contribution in [0.2, 0.25) is 0 Å². The third-order valence-electron chi connectivity index (χ3n) is 3.18. The molecule has 2 heteroatoms. The molecule has 0 bridgehead atoms.